The number of hydrogen-bond donors (Lipinski definition) is 2. The molecule has 0 saturated heterocycles. The first-order valence-electron chi connectivity index (χ1n) is 6.30. The lowest BCUT2D eigenvalue weighted by molar-refractivity contribution is 0.100. The normalized spacial score (nSPS) is 10.1. The van der Waals surface area contributed by atoms with E-state index in [0.717, 1.165) is 6.42 Å². The molecule has 0 radical (unpaired) electrons. The van der Waals surface area contributed by atoms with E-state index in [-0.39, 0.29) is 18.0 Å². The standard InChI is InChI=1S/C13H15N5O3/c1-2-7-20-12-16-11(15)17-13(18-12)21-9-5-3-8(4-6-9)10(14)19/h3-6H,2,7H2,1H3,(H2,14,19)(H2,15,16,17,18). The molecule has 110 valence electrons. The van der Waals surface area contributed by atoms with Crippen LogP contribution in [0.15, 0.2) is 24.3 Å². The molecule has 2 aromatic rings. The van der Waals surface area contributed by atoms with Gasteiger partial charge in [-0.1, -0.05) is 6.92 Å². The second kappa shape index (κ2) is 6.51. The lowest BCUT2D eigenvalue weighted by atomic mass is 10.2. The third-order valence-electron chi connectivity index (χ3n) is 2.39. The first-order valence-corrected chi connectivity index (χ1v) is 6.30. The van der Waals surface area contributed by atoms with Gasteiger partial charge >= 0.3 is 12.0 Å². The summed E-state index contributed by atoms with van der Waals surface area (Å²) in [7, 11) is 0. The van der Waals surface area contributed by atoms with Gasteiger partial charge in [-0.25, -0.2) is 0 Å². The molecule has 4 N–H and O–H groups in total. The number of carbonyl (C=O) groups excluding carboxylic acids is 1. The molecule has 1 aromatic carbocycles. The SMILES string of the molecule is CCCOc1nc(N)nc(Oc2ccc(C(N)=O)cc2)n1. The molecular weight excluding hydrogens is 274 g/mol. The number of aromatic nitrogens is 3. The molecule has 0 aliphatic rings. The number of carbonyl (C=O) groups is 1. The van der Waals surface area contributed by atoms with Crippen molar-refractivity contribution in [1.29, 1.82) is 0 Å². The van der Waals surface area contributed by atoms with Crippen LogP contribution in [0.1, 0.15) is 23.7 Å². The van der Waals surface area contributed by atoms with E-state index in [2.05, 4.69) is 15.0 Å². The molecule has 0 saturated carbocycles. The summed E-state index contributed by atoms with van der Waals surface area (Å²) in [5.74, 6) is -0.0758. The number of benzene rings is 1. The quantitative estimate of drug-likeness (QED) is 0.816. The predicted octanol–water partition coefficient (Wildman–Crippen LogP) is 1.13. The molecule has 8 nitrogen and oxygen atoms in total. The van der Waals surface area contributed by atoms with E-state index >= 15 is 0 Å². The monoisotopic (exact) mass is 289 g/mol. The number of nitrogens with two attached hydrogens (primary N) is 2. The largest absolute Gasteiger partial charge is 0.463 e. The summed E-state index contributed by atoms with van der Waals surface area (Å²) in [6.07, 6.45) is 0.816. The van der Waals surface area contributed by atoms with Gasteiger partial charge in [-0.3, -0.25) is 4.79 Å². The molecule has 0 aliphatic heterocycles. The van der Waals surface area contributed by atoms with Crippen LogP contribution in [0.3, 0.4) is 0 Å². The minimum Gasteiger partial charge on any atom is -0.463 e. The Labute approximate surface area is 121 Å². The number of nitrogens with zero attached hydrogens (tertiary/aromatic N) is 3. The molecular formula is C13H15N5O3. The molecule has 1 aromatic heterocycles. The number of anilines is 1. The first-order chi connectivity index (χ1) is 10.1. The Morgan fingerprint density at radius 3 is 2.43 bits per heavy atom. The van der Waals surface area contributed by atoms with E-state index in [1.54, 1.807) is 12.1 Å². The molecule has 8 heteroatoms. The van der Waals surface area contributed by atoms with Crippen LogP contribution in [0.2, 0.25) is 0 Å². The third-order valence-corrected chi connectivity index (χ3v) is 2.39. The van der Waals surface area contributed by atoms with E-state index in [9.17, 15) is 4.79 Å². The molecule has 0 bridgehead atoms. The Hall–Kier alpha value is -2.90. The maximum atomic E-state index is 11.0. The van der Waals surface area contributed by atoms with Crippen LogP contribution in [0.4, 0.5) is 5.95 Å². The number of rotatable bonds is 6. The van der Waals surface area contributed by atoms with E-state index < -0.39 is 5.91 Å². The zero-order chi connectivity index (χ0) is 15.2. The van der Waals surface area contributed by atoms with Crippen molar-refractivity contribution < 1.29 is 14.3 Å². The summed E-state index contributed by atoms with van der Waals surface area (Å²) >= 11 is 0. The van der Waals surface area contributed by atoms with Crippen LogP contribution >= 0.6 is 0 Å². The highest BCUT2D eigenvalue weighted by Gasteiger charge is 2.08. The Bertz CT molecular complexity index is 630. The summed E-state index contributed by atoms with van der Waals surface area (Å²) in [4.78, 5) is 22.7. The second-order valence-corrected chi connectivity index (χ2v) is 4.10. The number of primary amides is 1. The van der Waals surface area contributed by atoms with Gasteiger partial charge < -0.3 is 20.9 Å². The zero-order valence-electron chi connectivity index (χ0n) is 11.4. The van der Waals surface area contributed by atoms with Crippen LogP contribution in [-0.2, 0) is 0 Å². The van der Waals surface area contributed by atoms with Crippen molar-refractivity contribution >= 4 is 11.9 Å². The number of nitrogen functional groups attached to an aromatic ring is 1. The molecule has 1 heterocycles. The van der Waals surface area contributed by atoms with Gasteiger partial charge in [0.1, 0.15) is 5.75 Å². The van der Waals surface area contributed by atoms with Gasteiger partial charge in [0.2, 0.25) is 11.9 Å². The Kier molecular flexibility index (Phi) is 4.50. The number of ether oxygens (including phenoxy) is 2. The van der Waals surface area contributed by atoms with Crippen LogP contribution in [0.5, 0.6) is 17.8 Å². The van der Waals surface area contributed by atoms with Crippen LogP contribution in [0, 0.1) is 0 Å². The Morgan fingerprint density at radius 2 is 1.81 bits per heavy atom. The molecule has 0 unspecified atom stereocenters. The summed E-state index contributed by atoms with van der Waals surface area (Å²) in [6.45, 7) is 2.43. The van der Waals surface area contributed by atoms with Gasteiger partial charge in [0, 0.05) is 5.56 Å². The van der Waals surface area contributed by atoms with Crippen molar-refractivity contribution in [2.24, 2.45) is 5.73 Å². The topological polar surface area (TPSA) is 126 Å². The van der Waals surface area contributed by atoms with Gasteiger partial charge in [0.25, 0.3) is 0 Å². The average molecular weight is 289 g/mol. The summed E-state index contributed by atoms with van der Waals surface area (Å²) in [6, 6.07) is 6.35. The summed E-state index contributed by atoms with van der Waals surface area (Å²) in [5, 5.41) is 0. The average Bonchev–Trinajstić information content (AvgIpc) is 2.45. The maximum Gasteiger partial charge on any atom is 0.330 e. The summed E-state index contributed by atoms with van der Waals surface area (Å²) in [5.41, 5.74) is 11.1. The molecule has 0 fully saturated rings. The fourth-order valence-corrected chi connectivity index (χ4v) is 1.45. The van der Waals surface area contributed by atoms with E-state index in [1.165, 1.54) is 12.1 Å². The van der Waals surface area contributed by atoms with Crippen LogP contribution in [-0.4, -0.2) is 27.5 Å². The van der Waals surface area contributed by atoms with Gasteiger partial charge in [-0.2, -0.15) is 9.97 Å². The lowest BCUT2D eigenvalue weighted by Crippen LogP contribution is -2.10. The van der Waals surface area contributed by atoms with Crippen LogP contribution < -0.4 is 20.9 Å². The highest BCUT2D eigenvalue weighted by atomic mass is 16.5. The van der Waals surface area contributed by atoms with Crippen LogP contribution in [0.25, 0.3) is 0 Å². The minimum absolute atomic E-state index is 0.000130. The Morgan fingerprint density at radius 1 is 1.14 bits per heavy atom. The fraction of sp³-hybridized carbons (Fsp3) is 0.231. The molecule has 2 rings (SSSR count). The summed E-state index contributed by atoms with van der Waals surface area (Å²) < 4.78 is 10.7. The van der Waals surface area contributed by atoms with Gasteiger partial charge in [0.15, 0.2) is 0 Å². The highest BCUT2D eigenvalue weighted by Crippen LogP contribution is 2.20. The van der Waals surface area contributed by atoms with Gasteiger partial charge in [0.05, 0.1) is 6.61 Å². The van der Waals surface area contributed by atoms with Crippen molar-refractivity contribution in [2.45, 2.75) is 13.3 Å². The molecule has 1 amide bonds. The number of amides is 1. The smallest absolute Gasteiger partial charge is 0.330 e. The molecule has 21 heavy (non-hydrogen) atoms. The van der Waals surface area contributed by atoms with Crippen molar-refractivity contribution in [2.75, 3.05) is 12.3 Å². The molecule has 0 aliphatic carbocycles. The van der Waals surface area contributed by atoms with Crippen molar-refractivity contribution in [3.8, 4) is 17.8 Å². The molecule has 0 atom stereocenters. The van der Waals surface area contributed by atoms with E-state index in [0.29, 0.717) is 17.9 Å². The van der Waals surface area contributed by atoms with Crippen molar-refractivity contribution in [3.63, 3.8) is 0 Å². The fourth-order valence-electron chi connectivity index (χ4n) is 1.45. The van der Waals surface area contributed by atoms with Gasteiger partial charge in [-0.15, -0.1) is 4.98 Å². The maximum absolute atomic E-state index is 11.0. The number of hydrogen-bond acceptors (Lipinski definition) is 7. The first kappa shape index (κ1) is 14.5. The van der Waals surface area contributed by atoms with Gasteiger partial charge in [-0.05, 0) is 30.7 Å². The predicted molar refractivity (Wildman–Crippen MR) is 75.1 cm³/mol. The highest BCUT2D eigenvalue weighted by molar-refractivity contribution is 5.92. The minimum atomic E-state index is -0.513. The van der Waals surface area contributed by atoms with E-state index in [4.69, 9.17) is 20.9 Å². The van der Waals surface area contributed by atoms with E-state index in [1.807, 2.05) is 6.92 Å². The molecule has 0 spiro atoms. The zero-order valence-corrected chi connectivity index (χ0v) is 11.4. The van der Waals surface area contributed by atoms with Crippen molar-refractivity contribution in [3.05, 3.63) is 29.8 Å². The van der Waals surface area contributed by atoms with Crippen molar-refractivity contribution in [1.82, 2.24) is 15.0 Å². The Balaban J connectivity index is 2.14. The lowest BCUT2D eigenvalue weighted by Gasteiger charge is -2.07. The third kappa shape index (κ3) is 4.03. The second-order valence-electron chi connectivity index (χ2n) is 4.10.